The van der Waals surface area contributed by atoms with E-state index in [1.807, 2.05) is 31.2 Å². The number of carbonyl (C=O) groups excluding carboxylic acids is 1. The Morgan fingerprint density at radius 1 is 1.36 bits per heavy atom. The van der Waals surface area contributed by atoms with Gasteiger partial charge in [0, 0.05) is 18.5 Å². The number of aryl methyl sites for hydroxylation is 1. The summed E-state index contributed by atoms with van der Waals surface area (Å²) < 4.78 is 11.4. The molecule has 0 spiro atoms. The maximum atomic E-state index is 12.1. The van der Waals surface area contributed by atoms with E-state index in [1.165, 1.54) is 11.8 Å². The number of amides is 1. The fourth-order valence-electron chi connectivity index (χ4n) is 2.99. The van der Waals surface area contributed by atoms with Crippen molar-refractivity contribution in [1.29, 1.82) is 0 Å². The van der Waals surface area contributed by atoms with Gasteiger partial charge in [-0.3, -0.25) is 4.79 Å². The molecule has 0 radical (unpaired) electrons. The van der Waals surface area contributed by atoms with Gasteiger partial charge in [-0.05, 0) is 31.9 Å². The highest BCUT2D eigenvalue weighted by atomic mass is 32.2. The first-order valence-corrected chi connectivity index (χ1v) is 9.36. The molecule has 1 N–H and O–H groups in total. The van der Waals surface area contributed by atoms with Gasteiger partial charge in [0.2, 0.25) is 5.91 Å². The fourth-order valence-corrected chi connectivity index (χ4v) is 3.82. The van der Waals surface area contributed by atoms with Crippen molar-refractivity contribution in [1.82, 2.24) is 15.3 Å². The van der Waals surface area contributed by atoms with E-state index in [2.05, 4.69) is 15.3 Å². The van der Waals surface area contributed by atoms with Crippen LogP contribution in [-0.2, 0) is 9.53 Å². The third kappa shape index (κ3) is 3.48. The Morgan fingerprint density at radius 3 is 3.08 bits per heavy atom. The number of hydrogen-bond acceptors (Lipinski definition) is 6. The summed E-state index contributed by atoms with van der Waals surface area (Å²) in [5.74, 6) is 0.928. The number of ether oxygens (including phenoxy) is 1. The van der Waals surface area contributed by atoms with E-state index >= 15 is 0 Å². The van der Waals surface area contributed by atoms with Crippen LogP contribution < -0.4 is 5.32 Å². The van der Waals surface area contributed by atoms with Gasteiger partial charge in [0.15, 0.2) is 5.58 Å². The molecule has 130 valence electrons. The number of nitrogens with zero attached hydrogens (tertiary/aromatic N) is 2. The van der Waals surface area contributed by atoms with Crippen LogP contribution >= 0.6 is 11.8 Å². The molecule has 0 aliphatic carbocycles. The third-order valence-electron chi connectivity index (χ3n) is 4.19. The minimum Gasteiger partial charge on any atom is -0.451 e. The van der Waals surface area contributed by atoms with E-state index in [4.69, 9.17) is 9.15 Å². The molecule has 0 bridgehead atoms. The van der Waals surface area contributed by atoms with Crippen LogP contribution in [0.15, 0.2) is 33.7 Å². The van der Waals surface area contributed by atoms with Crippen LogP contribution in [0.3, 0.4) is 0 Å². The summed E-state index contributed by atoms with van der Waals surface area (Å²) in [4.78, 5) is 21.1. The average molecular weight is 357 g/mol. The molecule has 1 fully saturated rings. The first-order valence-electron chi connectivity index (χ1n) is 8.37. The van der Waals surface area contributed by atoms with Gasteiger partial charge in [0.1, 0.15) is 22.0 Å². The van der Waals surface area contributed by atoms with Gasteiger partial charge >= 0.3 is 0 Å². The van der Waals surface area contributed by atoms with Gasteiger partial charge in [-0.2, -0.15) is 0 Å². The molecule has 1 amide bonds. The molecule has 6 nitrogen and oxygen atoms in total. The zero-order chi connectivity index (χ0) is 17.2. The molecule has 2 aromatic heterocycles. The van der Waals surface area contributed by atoms with E-state index in [0.29, 0.717) is 23.0 Å². The van der Waals surface area contributed by atoms with Crippen molar-refractivity contribution < 1.29 is 13.9 Å². The number of para-hydroxylation sites is 1. The van der Waals surface area contributed by atoms with Crippen LogP contribution in [0.4, 0.5) is 0 Å². The van der Waals surface area contributed by atoms with Crippen molar-refractivity contribution >= 4 is 39.7 Å². The summed E-state index contributed by atoms with van der Waals surface area (Å²) in [6, 6.07) is 7.78. The Kier molecular flexibility index (Phi) is 4.59. The lowest BCUT2D eigenvalue weighted by molar-refractivity contribution is -0.119. The van der Waals surface area contributed by atoms with Gasteiger partial charge in [-0.1, -0.05) is 23.9 Å². The first kappa shape index (κ1) is 16.4. The zero-order valence-corrected chi connectivity index (χ0v) is 14.8. The Hall–Kier alpha value is -2.12. The molecule has 0 unspecified atom stereocenters. The predicted octanol–water partition coefficient (Wildman–Crippen LogP) is 3.07. The minimum absolute atomic E-state index is 0.0268. The first-order chi connectivity index (χ1) is 12.2. The summed E-state index contributed by atoms with van der Waals surface area (Å²) in [5, 5.41) is 4.59. The second kappa shape index (κ2) is 7.01. The molecule has 7 heteroatoms. The van der Waals surface area contributed by atoms with E-state index in [0.717, 1.165) is 35.9 Å². The topological polar surface area (TPSA) is 77.2 Å². The van der Waals surface area contributed by atoms with Gasteiger partial charge < -0.3 is 14.5 Å². The summed E-state index contributed by atoms with van der Waals surface area (Å²) in [7, 11) is 0. The van der Waals surface area contributed by atoms with Gasteiger partial charge in [0.05, 0.1) is 11.9 Å². The monoisotopic (exact) mass is 357 g/mol. The molecule has 1 aliphatic rings. The molecule has 3 heterocycles. The number of furan rings is 1. The molecule has 3 aromatic rings. The van der Waals surface area contributed by atoms with Crippen LogP contribution in [0.2, 0.25) is 0 Å². The lowest BCUT2D eigenvalue weighted by atomic mass is 10.2. The maximum absolute atomic E-state index is 12.1. The van der Waals surface area contributed by atoms with E-state index in [1.54, 1.807) is 0 Å². The molecule has 1 aromatic carbocycles. The molecule has 4 rings (SSSR count). The highest BCUT2D eigenvalue weighted by Crippen LogP contribution is 2.32. The molecular formula is C18H19N3O3S. The Bertz CT molecular complexity index is 918. The number of fused-ring (bicyclic) bond motifs is 3. The number of aromatic nitrogens is 2. The standard InChI is InChI=1S/C18H19N3O3S/c1-11-20-16-13-6-2-3-7-14(13)24-17(16)18(21-11)25-10-15(22)19-9-12-5-4-8-23-12/h2-3,6-7,12H,4-5,8-10H2,1H3,(H,19,22)/t12-/m1/s1. The Balaban J connectivity index is 1.49. The smallest absolute Gasteiger partial charge is 0.230 e. The summed E-state index contributed by atoms with van der Waals surface area (Å²) in [6.45, 7) is 3.21. The van der Waals surface area contributed by atoms with Crippen LogP contribution in [0, 0.1) is 6.92 Å². The third-order valence-corrected chi connectivity index (χ3v) is 5.15. The lowest BCUT2D eigenvalue weighted by Gasteiger charge is -2.10. The second-order valence-electron chi connectivity index (χ2n) is 6.08. The Morgan fingerprint density at radius 2 is 2.24 bits per heavy atom. The summed E-state index contributed by atoms with van der Waals surface area (Å²) >= 11 is 1.37. The summed E-state index contributed by atoms with van der Waals surface area (Å²) in [5.41, 5.74) is 2.22. The predicted molar refractivity (Wildman–Crippen MR) is 96.8 cm³/mol. The van der Waals surface area contributed by atoms with Crippen LogP contribution in [0.1, 0.15) is 18.7 Å². The van der Waals surface area contributed by atoms with Crippen molar-refractivity contribution in [3.63, 3.8) is 0 Å². The number of carbonyl (C=O) groups is 1. The van der Waals surface area contributed by atoms with Crippen LogP contribution in [-0.4, -0.2) is 40.9 Å². The average Bonchev–Trinajstić information content (AvgIpc) is 3.25. The fraction of sp³-hybridized carbons (Fsp3) is 0.389. The van der Waals surface area contributed by atoms with Crippen molar-refractivity contribution in [2.45, 2.75) is 30.9 Å². The number of thioether (sulfide) groups is 1. The lowest BCUT2D eigenvalue weighted by Crippen LogP contribution is -2.32. The van der Waals surface area contributed by atoms with Gasteiger partial charge in [-0.15, -0.1) is 0 Å². The van der Waals surface area contributed by atoms with E-state index < -0.39 is 0 Å². The largest absolute Gasteiger partial charge is 0.451 e. The molecule has 1 aliphatic heterocycles. The quantitative estimate of drug-likeness (QED) is 0.559. The molecule has 1 saturated heterocycles. The Labute approximate surface area is 149 Å². The van der Waals surface area contributed by atoms with Gasteiger partial charge in [0.25, 0.3) is 0 Å². The van der Waals surface area contributed by atoms with Crippen LogP contribution in [0.5, 0.6) is 0 Å². The van der Waals surface area contributed by atoms with Crippen molar-refractivity contribution in [2.75, 3.05) is 18.9 Å². The summed E-state index contributed by atoms with van der Waals surface area (Å²) in [6.07, 6.45) is 2.23. The number of benzene rings is 1. The normalized spacial score (nSPS) is 17.4. The van der Waals surface area contributed by atoms with E-state index in [-0.39, 0.29) is 17.8 Å². The van der Waals surface area contributed by atoms with Gasteiger partial charge in [-0.25, -0.2) is 9.97 Å². The molecule has 25 heavy (non-hydrogen) atoms. The SMILES string of the molecule is Cc1nc(SCC(=O)NC[C@H]2CCCO2)c2oc3ccccc3c2n1. The maximum Gasteiger partial charge on any atom is 0.230 e. The molecule has 1 atom stereocenters. The second-order valence-corrected chi connectivity index (χ2v) is 7.04. The zero-order valence-electron chi connectivity index (χ0n) is 13.9. The highest BCUT2D eigenvalue weighted by molar-refractivity contribution is 8.00. The van der Waals surface area contributed by atoms with E-state index in [9.17, 15) is 4.79 Å². The number of hydrogen-bond donors (Lipinski definition) is 1. The molecular weight excluding hydrogens is 338 g/mol. The number of nitrogens with one attached hydrogen (secondary N) is 1. The highest BCUT2D eigenvalue weighted by Gasteiger charge is 2.18. The van der Waals surface area contributed by atoms with Crippen molar-refractivity contribution in [3.05, 3.63) is 30.1 Å². The number of rotatable bonds is 5. The van der Waals surface area contributed by atoms with Crippen LogP contribution in [0.25, 0.3) is 22.1 Å². The van der Waals surface area contributed by atoms with Crippen molar-refractivity contribution in [3.8, 4) is 0 Å². The minimum atomic E-state index is -0.0268. The molecule has 0 saturated carbocycles. The van der Waals surface area contributed by atoms with Crippen molar-refractivity contribution in [2.24, 2.45) is 0 Å².